The first-order chi connectivity index (χ1) is 7.91. The van der Waals surface area contributed by atoms with Gasteiger partial charge >= 0.3 is 0 Å². The summed E-state index contributed by atoms with van der Waals surface area (Å²) in [5.74, 6) is 0.382. The predicted octanol–water partition coefficient (Wildman–Crippen LogP) is 0.0968. The van der Waals surface area contributed by atoms with Gasteiger partial charge in [0.25, 0.3) is 0 Å². The zero-order valence-electron chi connectivity index (χ0n) is 10.9. The molecule has 3 N–H and O–H groups in total. The molecule has 1 saturated heterocycles. The number of hydrogen-bond acceptors (Lipinski definition) is 3. The number of nitrogens with zero attached hydrogens (tertiary/aromatic N) is 1. The van der Waals surface area contributed by atoms with Gasteiger partial charge in [0, 0.05) is 26.1 Å². The fraction of sp³-hybridized carbons (Fsp3) is 0.833. The maximum atomic E-state index is 11.9. The zero-order valence-corrected chi connectivity index (χ0v) is 10.9. The number of nitrogens with two attached hydrogens (primary N) is 1. The van der Waals surface area contributed by atoms with Gasteiger partial charge in [-0.05, 0) is 18.8 Å². The molecule has 0 radical (unpaired) electrons. The van der Waals surface area contributed by atoms with Gasteiger partial charge in [-0.25, -0.2) is 0 Å². The molecule has 1 heterocycles. The van der Waals surface area contributed by atoms with E-state index in [1.54, 1.807) is 11.9 Å². The molecule has 1 fully saturated rings. The molecule has 5 nitrogen and oxygen atoms in total. The normalized spacial score (nSPS) is 21.5. The number of rotatable bonds is 5. The first kappa shape index (κ1) is 14.0. The van der Waals surface area contributed by atoms with Crippen LogP contribution < -0.4 is 11.1 Å². The summed E-state index contributed by atoms with van der Waals surface area (Å²) in [6, 6.07) is -0.216. The van der Waals surface area contributed by atoms with Gasteiger partial charge in [0.15, 0.2) is 0 Å². The lowest BCUT2D eigenvalue weighted by Crippen LogP contribution is -2.44. The molecule has 0 aromatic heterocycles. The van der Waals surface area contributed by atoms with Gasteiger partial charge in [0.1, 0.15) is 6.04 Å². The van der Waals surface area contributed by atoms with Crippen molar-refractivity contribution in [1.82, 2.24) is 10.2 Å². The standard InChI is InChI=1S/C12H23N3O2/c1-8(2)9(13)6-7-15(3)12(17)10-4-5-11(16)14-10/h8-10H,4-7,13H2,1-3H3,(H,14,16)/t9?,10-/m1/s1. The molecule has 1 unspecified atom stereocenters. The van der Waals surface area contributed by atoms with E-state index in [9.17, 15) is 9.59 Å². The van der Waals surface area contributed by atoms with Gasteiger partial charge in [0.05, 0.1) is 0 Å². The second-order valence-corrected chi connectivity index (χ2v) is 5.12. The Morgan fingerprint density at radius 3 is 2.71 bits per heavy atom. The summed E-state index contributed by atoms with van der Waals surface area (Å²) in [5.41, 5.74) is 5.93. The second kappa shape index (κ2) is 6.00. The topological polar surface area (TPSA) is 75.4 Å². The van der Waals surface area contributed by atoms with Crippen LogP contribution in [0.3, 0.4) is 0 Å². The number of hydrogen-bond donors (Lipinski definition) is 2. The zero-order chi connectivity index (χ0) is 13.0. The quantitative estimate of drug-likeness (QED) is 0.716. The Hall–Kier alpha value is -1.10. The lowest BCUT2D eigenvalue weighted by Gasteiger charge is -2.23. The van der Waals surface area contributed by atoms with E-state index in [0.717, 1.165) is 6.42 Å². The maximum Gasteiger partial charge on any atom is 0.244 e. The fourth-order valence-electron chi connectivity index (χ4n) is 1.85. The molecule has 1 rings (SSSR count). The van der Waals surface area contributed by atoms with Crippen LogP contribution in [0.4, 0.5) is 0 Å². The number of nitrogens with one attached hydrogen (secondary N) is 1. The van der Waals surface area contributed by atoms with Crippen molar-refractivity contribution in [2.24, 2.45) is 11.7 Å². The van der Waals surface area contributed by atoms with Crippen molar-refractivity contribution in [3.05, 3.63) is 0 Å². The first-order valence-electron chi connectivity index (χ1n) is 6.21. The predicted molar refractivity (Wildman–Crippen MR) is 66.2 cm³/mol. The van der Waals surface area contributed by atoms with Crippen molar-refractivity contribution >= 4 is 11.8 Å². The van der Waals surface area contributed by atoms with E-state index in [1.807, 2.05) is 0 Å². The van der Waals surface area contributed by atoms with Gasteiger partial charge in [-0.2, -0.15) is 0 Å². The number of carbonyl (C=O) groups excluding carboxylic acids is 2. The molecule has 1 aliphatic heterocycles. The van der Waals surface area contributed by atoms with Crippen molar-refractivity contribution in [3.63, 3.8) is 0 Å². The summed E-state index contributed by atoms with van der Waals surface area (Å²) < 4.78 is 0. The van der Waals surface area contributed by atoms with Gasteiger partial charge in [-0.1, -0.05) is 13.8 Å². The SMILES string of the molecule is CC(C)C(N)CCN(C)C(=O)[C@H]1CCC(=O)N1. The average Bonchev–Trinajstić information content (AvgIpc) is 2.70. The summed E-state index contributed by atoms with van der Waals surface area (Å²) in [4.78, 5) is 24.6. The van der Waals surface area contributed by atoms with E-state index >= 15 is 0 Å². The Balaban J connectivity index is 2.34. The van der Waals surface area contributed by atoms with Crippen LogP contribution >= 0.6 is 0 Å². The van der Waals surface area contributed by atoms with E-state index in [1.165, 1.54) is 0 Å². The largest absolute Gasteiger partial charge is 0.344 e. The Kier molecular flexibility index (Phi) is 4.93. The van der Waals surface area contributed by atoms with Crippen LogP contribution in [-0.2, 0) is 9.59 Å². The van der Waals surface area contributed by atoms with Crippen LogP contribution in [0.15, 0.2) is 0 Å². The second-order valence-electron chi connectivity index (χ2n) is 5.12. The van der Waals surface area contributed by atoms with Gasteiger partial charge in [-0.3, -0.25) is 9.59 Å². The van der Waals surface area contributed by atoms with Crippen molar-refractivity contribution in [1.29, 1.82) is 0 Å². The van der Waals surface area contributed by atoms with E-state index in [-0.39, 0.29) is 23.9 Å². The Morgan fingerprint density at radius 1 is 1.59 bits per heavy atom. The summed E-state index contributed by atoms with van der Waals surface area (Å²) in [5, 5.41) is 2.68. The van der Waals surface area contributed by atoms with Crippen molar-refractivity contribution < 1.29 is 9.59 Å². The Bertz CT molecular complexity index is 291. The highest BCUT2D eigenvalue weighted by Gasteiger charge is 2.29. The molecule has 0 spiro atoms. The molecular weight excluding hydrogens is 218 g/mol. The van der Waals surface area contributed by atoms with E-state index in [2.05, 4.69) is 19.2 Å². The number of likely N-dealkylation sites (N-methyl/N-ethyl adjacent to an activating group) is 1. The van der Waals surface area contributed by atoms with Gasteiger partial charge in [0.2, 0.25) is 11.8 Å². The van der Waals surface area contributed by atoms with Gasteiger partial charge < -0.3 is 16.0 Å². The molecular formula is C12H23N3O2. The third-order valence-electron chi connectivity index (χ3n) is 3.32. The highest BCUT2D eigenvalue weighted by molar-refractivity contribution is 5.90. The van der Waals surface area contributed by atoms with Crippen LogP contribution in [-0.4, -0.2) is 42.4 Å². The fourth-order valence-corrected chi connectivity index (χ4v) is 1.85. The molecule has 1 aliphatic rings. The van der Waals surface area contributed by atoms with Crippen LogP contribution in [0.2, 0.25) is 0 Å². The third kappa shape index (κ3) is 4.00. The van der Waals surface area contributed by atoms with Crippen LogP contribution in [0.1, 0.15) is 33.1 Å². The minimum Gasteiger partial charge on any atom is -0.344 e. The van der Waals surface area contributed by atoms with Crippen molar-refractivity contribution in [2.45, 2.75) is 45.2 Å². The lowest BCUT2D eigenvalue weighted by atomic mass is 10.0. The number of carbonyl (C=O) groups is 2. The maximum absolute atomic E-state index is 11.9. The van der Waals surface area contributed by atoms with E-state index in [0.29, 0.717) is 25.3 Å². The van der Waals surface area contributed by atoms with Crippen molar-refractivity contribution in [2.75, 3.05) is 13.6 Å². The molecule has 0 bridgehead atoms. The molecule has 0 aromatic rings. The molecule has 5 heteroatoms. The summed E-state index contributed by atoms with van der Waals surface area (Å²) >= 11 is 0. The monoisotopic (exact) mass is 241 g/mol. The molecule has 2 amide bonds. The molecule has 0 aromatic carbocycles. The summed E-state index contributed by atoms with van der Waals surface area (Å²) in [7, 11) is 1.76. The molecule has 0 aliphatic carbocycles. The van der Waals surface area contributed by atoms with Crippen LogP contribution in [0.5, 0.6) is 0 Å². The van der Waals surface area contributed by atoms with E-state index in [4.69, 9.17) is 5.73 Å². The Morgan fingerprint density at radius 2 is 2.24 bits per heavy atom. The minimum absolute atomic E-state index is 0.00759. The third-order valence-corrected chi connectivity index (χ3v) is 3.32. The summed E-state index contributed by atoms with van der Waals surface area (Å²) in [6.07, 6.45) is 1.86. The summed E-state index contributed by atoms with van der Waals surface area (Å²) in [6.45, 7) is 4.79. The molecule has 0 saturated carbocycles. The average molecular weight is 241 g/mol. The minimum atomic E-state index is -0.331. The highest BCUT2D eigenvalue weighted by Crippen LogP contribution is 2.10. The van der Waals surface area contributed by atoms with E-state index < -0.39 is 0 Å². The van der Waals surface area contributed by atoms with Crippen LogP contribution in [0, 0.1) is 5.92 Å². The Labute approximate surface area is 103 Å². The number of amides is 2. The first-order valence-corrected chi connectivity index (χ1v) is 6.21. The van der Waals surface area contributed by atoms with Gasteiger partial charge in [-0.15, -0.1) is 0 Å². The smallest absolute Gasteiger partial charge is 0.244 e. The molecule has 17 heavy (non-hydrogen) atoms. The van der Waals surface area contributed by atoms with Crippen molar-refractivity contribution in [3.8, 4) is 0 Å². The molecule has 2 atom stereocenters. The van der Waals surface area contributed by atoms with Crippen LogP contribution in [0.25, 0.3) is 0 Å². The lowest BCUT2D eigenvalue weighted by molar-refractivity contribution is -0.133. The highest BCUT2D eigenvalue weighted by atomic mass is 16.2. The molecule has 98 valence electrons.